The molecule has 15 heteroatoms. The van der Waals surface area contributed by atoms with Crippen LogP contribution in [0.25, 0.3) is 0 Å². The number of Topliss-reactive ketones (excluding diaryl/α,β-unsaturated/α-hetero) is 1. The van der Waals surface area contributed by atoms with Crippen LogP contribution in [0.4, 0.5) is 0 Å². The molecule has 7 aromatic rings. The quantitative estimate of drug-likeness (QED) is 0.0378. The fraction of sp³-hybridized carbons (Fsp3) is 0.190. The van der Waals surface area contributed by atoms with Crippen molar-refractivity contribution < 1.29 is 71.3 Å². The molecule has 0 spiro atoms. The van der Waals surface area contributed by atoms with Crippen molar-refractivity contribution in [1.29, 1.82) is 0 Å². The molecule has 1 aliphatic heterocycles. The number of carbonyl (C=O) groups is 5. The molecule has 0 bridgehead atoms. The first-order valence-corrected chi connectivity index (χ1v) is 23.1. The van der Waals surface area contributed by atoms with Gasteiger partial charge in [-0.3, -0.25) is 4.79 Å². The summed E-state index contributed by atoms with van der Waals surface area (Å²) in [6, 6.07) is 52.9. The molecule has 7 aromatic carbocycles. The van der Waals surface area contributed by atoms with E-state index in [-0.39, 0.29) is 45.9 Å². The Morgan fingerprint density at radius 3 is 1.47 bits per heavy atom. The minimum absolute atomic E-state index is 0.0996. The summed E-state index contributed by atoms with van der Waals surface area (Å²) >= 11 is 0. The summed E-state index contributed by atoms with van der Waals surface area (Å²) in [5, 5.41) is 0. The molecule has 1 heterocycles. The van der Waals surface area contributed by atoms with Gasteiger partial charge in [0.1, 0.15) is 19.3 Å². The summed E-state index contributed by atoms with van der Waals surface area (Å²) in [5.41, 5.74) is 1.57. The number of ether oxygens (including phenoxy) is 10. The monoisotopic (exact) mass is 986 g/mol. The van der Waals surface area contributed by atoms with E-state index in [4.69, 9.17) is 47.4 Å². The fourth-order valence-electron chi connectivity index (χ4n) is 7.74. The summed E-state index contributed by atoms with van der Waals surface area (Å²) in [7, 11) is 2.89. The van der Waals surface area contributed by atoms with Crippen molar-refractivity contribution in [2.45, 2.75) is 43.4 Å². The first-order valence-electron chi connectivity index (χ1n) is 23.1. The van der Waals surface area contributed by atoms with Crippen LogP contribution in [0.3, 0.4) is 0 Å². The van der Waals surface area contributed by atoms with Crippen molar-refractivity contribution in [3.63, 3.8) is 0 Å². The van der Waals surface area contributed by atoms with Crippen LogP contribution in [0.15, 0.2) is 194 Å². The van der Waals surface area contributed by atoms with Gasteiger partial charge in [-0.05, 0) is 84.4 Å². The molecule has 0 radical (unpaired) electrons. The van der Waals surface area contributed by atoms with Gasteiger partial charge < -0.3 is 47.4 Å². The number of para-hydroxylation sites is 2. The number of methoxy groups -OCH3 is 2. The number of benzene rings is 7. The highest BCUT2D eigenvalue weighted by atomic mass is 16.7. The molecule has 1 saturated heterocycles. The second kappa shape index (κ2) is 24.9. The zero-order chi connectivity index (χ0) is 50.9. The van der Waals surface area contributed by atoms with Gasteiger partial charge in [0.25, 0.3) is 0 Å². The SMILES string of the molecule is COc1cc(C(=O)C(CO[C@@H]2O[C@H](COC(=O)c3ccccc3)[C@@H](OC(=O)c3ccccc3)[C@H](OC(=O)c3ccccc3)[C@H]2OC(=O)c2ccccc2)Oc2ccccc2OC)ccc1OCc1ccccc1. The van der Waals surface area contributed by atoms with Crippen molar-refractivity contribution in [3.05, 3.63) is 228 Å². The van der Waals surface area contributed by atoms with Crippen molar-refractivity contribution in [3.8, 4) is 23.0 Å². The van der Waals surface area contributed by atoms with Crippen LogP contribution in [0.2, 0.25) is 0 Å². The third-order valence-corrected chi connectivity index (χ3v) is 11.5. The second-order valence-electron chi connectivity index (χ2n) is 16.3. The summed E-state index contributed by atoms with van der Waals surface area (Å²) in [4.78, 5) is 70.7. The normalized spacial score (nSPS) is 17.4. The lowest BCUT2D eigenvalue weighted by atomic mass is 9.97. The van der Waals surface area contributed by atoms with Crippen LogP contribution in [0.5, 0.6) is 23.0 Å². The molecule has 0 saturated carbocycles. The molecule has 1 aliphatic rings. The number of rotatable bonds is 21. The zero-order valence-corrected chi connectivity index (χ0v) is 39.7. The van der Waals surface area contributed by atoms with E-state index in [0.717, 1.165) is 5.56 Å². The first-order chi connectivity index (χ1) is 35.7. The van der Waals surface area contributed by atoms with E-state index in [1.165, 1.54) is 56.7 Å². The molecule has 6 atom stereocenters. The van der Waals surface area contributed by atoms with E-state index in [0.29, 0.717) is 11.5 Å². The van der Waals surface area contributed by atoms with Gasteiger partial charge in [0, 0.05) is 5.56 Å². The van der Waals surface area contributed by atoms with Gasteiger partial charge in [-0.15, -0.1) is 0 Å². The molecule has 0 N–H and O–H groups in total. The second-order valence-corrected chi connectivity index (χ2v) is 16.3. The van der Waals surface area contributed by atoms with E-state index < -0.39 is 79.7 Å². The van der Waals surface area contributed by atoms with Crippen molar-refractivity contribution in [2.24, 2.45) is 0 Å². The summed E-state index contributed by atoms with van der Waals surface area (Å²) in [6.07, 6.45) is -9.78. The minimum atomic E-state index is -1.74. The predicted octanol–water partition coefficient (Wildman–Crippen LogP) is 9.19. The van der Waals surface area contributed by atoms with Crippen molar-refractivity contribution in [1.82, 2.24) is 0 Å². The number of hydrogen-bond acceptors (Lipinski definition) is 15. The Morgan fingerprint density at radius 1 is 0.466 bits per heavy atom. The molecule has 0 aromatic heterocycles. The van der Waals surface area contributed by atoms with Gasteiger partial charge in [0.2, 0.25) is 5.78 Å². The van der Waals surface area contributed by atoms with Gasteiger partial charge in [0.15, 0.2) is 53.7 Å². The number of carbonyl (C=O) groups excluding carboxylic acids is 5. The van der Waals surface area contributed by atoms with E-state index in [1.807, 2.05) is 30.3 Å². The first kappa shape index (κ1) is 50.6. The van der Waals surface area contributed by atoms with Crippen LogP contribution in [0, 0.1) is 0 Å². The molecule has 0 aliphatic carbocycles. The van der Waals surface area contributed by atoms with Gasteiger partial charge in [0.05, 0.1) is 43.1 Å². The summed E-state index contributed by atoms with van der Waals surface area (Å²) in [5.74, 6) is -2.92. The Labute approximate surface area is 421 Å². The molecular weight excluding hydrogens is 937 g/mol. The minimum Gasteiger partial charge on any atom is -0.493 e. The van der Waals surface area contributed by atoms with E-state index in [1.54, 1.807) is 121 Å². The number of ketones is 1. The fourth-order valence-corrected chi connectivity index (χ4v) is 7.74. The van der Waals surface area contributed by atoms with Crippen LogP contribution >= 0.6 is 0 Å². The van der Waals surface area contributed by atoms with Gasteiger partial charge >= 0.3 is 23.9 Å². The van der Waals surface area contributed by atoms with Crippen LogP contribution in [0.1, 0.15) is 57.4 Å². The molecular formula is C58H50O15. The Balaban J connectivity index is 1.18. The van der Waals surface area contributed by atoms with Crippen molar-refractivity contribution in [2.75, 3.05) is 27.4 Å². The highest BCUT2D eigenvalue weighted by Gasteiger charge is 2.54. The van der Waals surface area contributed by atoms with Gasteiger partial charge in [-0.25, -0.2) is 19.2 Å². The van der Waals surface area contributed by atoms with Crippen LogP contribution < -0.4 is 18.9 Å². The smallest absolute Gasteiger partial charge is 0.338 e. The number of esters is 4. The Hall–Kier alpha value is -8.79. The van der Waals surface area contributed by atoms with Crippen LogP contribution in [-0.2, 0) is 35.0 Å². The third kappa shape index (κ3) is 13.1. The standard InChI is InChI=1S/C58H50O15/c1-64-44-30-18-19-31-46(44)69-48(50(59)43-32-33-45(47(34-43)65-2)66-35-38-20-8-3-9-21-38)36-68-58-53(73-57(63)42-28-16-7-17-29-42)52(72-56(62)41-26-14-6-15-27-41)51(71-55(61)40-24-12-5-13-25-40)49(70-58)37-67-54(60)39-22-10-4-11-23-39/h3-34,48-49,51-53,58H,35-37H2,1-2H3/t48?,49-,51-,52+,53-,58-/m1/s1. The lowest BCUT2D eigenvalue weighted by molar-refractivity contribution is -0.300. The maximum absolute atomic E-state index is 14.8. The lowest BCUT2D eigenvalue weighted by Gasteiger charge is -2.44. The van der Waals surface area contributed by atoms with Crippen molar-refractivity contribution >= 4 is 29.7 Å². The summed E-state index contributed by atoms with van der Waals surface area (Å²) in [6.45, 7) is -0.979. The molecule has 0 amide bonds. The maximum atomic E-state index is 14.8. The number of hydrogen-bond donors (Lipinski definition) is 0. The molecule has 372 valence electrons. The molecule has 15 nitrogen and oxygen atoms in total. The van der Waals surface area contributed by atoms with Gasteiger partial charge in [-0.1, -0.05) is 115 Å². The Bertz CT molecular complexity index is 2940. The maximum Gasteiger partial charge on any atom is 0.338 e. The topological polar surface area (TPSA) is 178 Å². The predicted molar refractivity (Wildman–Crippen MR) is 264 cm³/mol. The highest BCUT2D eigenvalue weighted by Crippen LogP contribution is 2.35. The largest absolute Gasteiger partial charge is 0.493 e. The highest BCUT2D eigenvalue weighted by molar-refractivity contribution is 6.00. The van der Waals surface area contributed by atoms with E-state index >= 15 is 0 Å². The third-order valence-electron chi connectivity index (χ3n) is 11.5. The van der Waals surface area contributed by atoms with E-state index in [9.17, 15) is 24.0 Å². The molecule has 1 fully saturated rings. The molecule has 1 unspecified atom stereocenters. The average molecular weight is 987 g/mol. The van der Waals surface area contributed by atoms with Crippen LogP contribution in [-0.4, -0.2) is 93.9 Å². The average Bonchev–Trinajstić information content (AvgIpc) is 3.45. The van der Waals surface area contributed by atoms with Gasteiger partial charge in [-0.2, -0.15) is 0 Å². The lowest BCUT2D eigenvalue weighted by Crippen LogP contribution is -2.63. The molecule has 73 heavy (non-hydrogen) atoms. The Kier molecular flexibility index (Phi) is 17.2. The summed E-state index contributed by atoms with van der Waals surface area (Å²) < 4.78 is 61.1. The molecule has 8 rings (SSSR count). The Morgan fingerprint density at radius 2 is 0.932 bits per heavy atom. The van der Waals surface area contributed by atoms with E-state index in [2.05, 4.69) is 0 Å². The zero-order valence-electron chi connectivity index (χ0n) is 39.7.